The number of halogens is 1. The van der Waals surface area contributed by atoms with E-state index in [9.17, 15) is 4.79 Å². The zero-order valence-electron chi connectivity index (χ0n) is 10.6. The van der Waals surface area contributed by atoms with Gasteiger partial charge in [0, 0.05) is 16.6 Å². The molecule has 2 rings (SSSR count). The summed E-state index contributed by atoms with van der Waals surface area (Å²) in [6, 6.07) is 9.77. The quantitative estimate of drug-likeness (QED) is 0.920. The second kappa shape index (κ2) is 6.52. The van der Waals surface area contributed by atoms with Crippen LogP contribution in [0.1, 0.15) is 18.2 Å². The van der Waals surface area contributed by atoms with Crippen LogP contribution in [-0.4, -0.2) is 17.1 Å². The first kappa shape index (κ1) is 13.8. The van der Waals surface area contributed by atoms with Gasteiger partial charge in [-0.15, -0.1) is 0 Å². The van der Waals surface area contributed by atoms with Crippen molar-refractivity contribution in [1.29, 1.82) is 0 Å². The summed E-state index contributed by atoms with van der Waals surface area (Å²) in [5.74, 6) is -0.0477. The Labute approximate surface area is 120 Å². The lowest BCUT2D eigenvalue weighted by atomic mass is 10.1. The minimum absolute atomic E-state index is 0.0477. The van der Waals surface area contributed by atoms with E-state index in [0.29, 0.717) is 5.69 Å². The molecule has 1 amide bonds. The number of rotatable bonds is 5. The van der Waals surface area contributed by atoms with E-state index in [0.717, 1.165) is 10.9 Å². The van der Waals surface area contributed by atoms with E-state index in [1.54, 1.807) is 6.07 Å². The number of carbonyl (C=O) groups is 1. The van der Waals surface area contributed by atoms with Crippen molar-refractivity contribution in [3.63, 3.8) is 0 Å². The van der Waals surface area contributed by atoms with Gasteiger partial charge in [-0.05, 0) is 25.0 Å². The van der Waals surface area contributed by atoms with Gasteiger partial charge in [-0.2, -0.15) is 0 Å². The average molecular weight is 323 g/mol. The number of hydrogen-bond acceptors (Lipinski definition) is 3. The van der Waals surface area contributed by atoms with Crippen molar-refractivity contribution in [2.75, 3.05) is 0 Å². The van der Waals surface area contributed by atoms with Crippen LogP contribution in [0.4, 0.5) is 0 Å². The van der Waals surface area contributed by atoms with Crippen molar-refractivity contribution in [3.05, 3.63) is 52.3 Å². The molecule has 4 nitrogen and oxygen atoms in total. The van der Waals surface area contributed by atoms with Gasteiger partial charge in [0.05, 0.1) is 12.1 Å². The summed E-state index contributed by atoms with van der Waals surface area (Å²) in [7, 11) is 0. The molecule has 0 aliphatic heterocycles. The number of hydrogen-bond donors (Lipinski definition) is 1. The molecular weight excluding hydrogens is 308 g/mol. The summed E-state index contributed by atoms with van der Waals surface area (Å²) in [6.45, 7) is 1.99. The molecule has 100 valence electrons. The third kappa shape index (κ3) is 4.21. The van der Waals surface area contributed by atoms with E-state index in [-0.39, 0.29) is 18.4 Å². The number of carbonyl (C=O) groups excluding carboxylic acids is 1. The van der Waals surface area contributed by atoms with Gasteiger partial charge in [-0.1, -0.05) is 39.3 Å². The van der Waals surface area contributed by atoms with Crippen LogP contribution in [0.25, 0.3) is 0 Å². The Morgan fingerprint density at radius 3 is 2.89 bits per heavy atom. The largest absolute Gasteiger partial charge is 0.364 e. The summed E-state index contributed by atoms with van der Waals surface area (Å²) in [5.41, 5.74) is 1.82. The molecule has 1 aromatic heterocycles. The van der Waals surface area contributed by atoms with E-state index in [1.165, 1.54) is 11.8 Å². The first-order chi connectivity index (χ1) is 9.15. The Bertz CT molecular complexity index is 540. The molecule has 1 aromatic carbocycles. The fraction of sp³-hybridized carbons (Fsp3) is 0.286. The van der Waals surface area contributed by atoms with Gasteiger partial charge in [0.15, 0.2) is 0 Å². The molecular formula is C14H15BrN2O2. The lowest BCUT2D eigenvalue weighted by molar-refractivity contribution is -0.121. The molecule has 0 aliphatic rings. The zero-order chi connectivity index (χ0) is 13.7. The summed E-state index contributed by atoms with van der Waals surface area (Å²) >= 11 is 3.50. The van der Waals surface area contributed by atoms with Crippen LogP contribution in [-0.2, 0) is 17.6 Å². The Kier molecular flexibility index (Phi) is 4.74. The first-order valence-electron chi connectivity index (χ1n) is 6.07. The second-order valence-corrected chi connectivity index (χ2v) is 5.29. The predicted octanol–water partition coefficient (Wildman–Crippen LogP) is 2.73. The van der Waals surface area contributed by atoms with Crippen LogP contribution in [0.3, 0.4) is 0 Å². The molecule has 0 radical (unpaired) electrons. The highest BCUT2D eigenvalue weighted by Gasteiger charge is 2.11. The molecule has 1 heterocycles. The molecule has 2 aromatic rings. The number of nitrogens with zero attached hydrogens (tertiary/aromatic N) is 1. The van der Waals surface area contributed by atoms with Crippen LogP contribution < -0.4 is 5.32 Å². The van der Waals surface area contributed by atoms with Crippen molar-refractivity contribution < 1.29 is 9.32 Å². The van der Waals surface area contributed by atoms with Gasteiger partial charge in [-0.3, -0.25) is 4.79 Å². The van der Waals surface area contributed by atoms with E-state index >= 15 is 0 Å². The molecule has 0 saturated carbocycles. The lowest BCUT2D eigenvalue weighted by Crippen LogP contribution is -2.35. The Hall–Kier alpha value is -1.62. The van der Waals surface area contributed by atoms with Crippen LogP contribution >= 0.6 is 15.9 Å². The van der Waals surface area contributed by atoms with Gasteiger partial charge in [-0.25, -0.2) is 0 Å². The topological polar surface area (TPSA) is 55.1 Å². The molecule has 1 N–H and O–H groups in total. The zero-order valence-corrected chi connectivity index (χ0v) is 12.2. The monoisotopic (exact) mass is 322 g/mol. The van der Waals surface area contributed by atoms with Crippen LogP contribution in [0.5, 0.6) is 0 Å². The highest BCUT2D eigenvalue weighted by atomic mass is 79.9. The molecule has 0 spiro atoms. The van der Waals surface area contributed by atoms with Gasteiger partial charge in [0.2, 0.25) is 5.91 Å². The van der Waals surface area contributed by atoms with E-state index in [4.69, 9.17) is 4.52 Å². The average Bonchev–Trinajstić information content (AvgIpc) is 2.84. The summed E-state index contributed by atoms with van der Waals surface area (Å²) < 4.78 is 5.76. The van der Waals surface area contributed by atoms with Gasteiger partial charge >= 0.3 is 0 Å². The Balaban J connectivity index is 1.86. The lowest BCUT2D eigenvalue weighted by Gasteiger charge is -2.14. The molecule has 0 bridgehead atoms. The van der Waals surface area contributed by atoms with Crippen LogP contribution in [0.15, 0.2) is 45.6 Å². The molecule has 19 heavy (non-hydrogen) atoms. The predicted molar refractivity (Wildman–Crippen MR) is 75.7 cm³/mol. The smallest absolute Gasteiger partial charge is 0.226 e. The summed E-state index contributed by atoms with van der Waals surface area (Å²) in [5, 5.41) is 6.67. The van der Waals surface area contributed by atoms with Crippen molar-refractivity contribution in [3.8, 4) is 0 Å². The fourth-order valence-electron chi connectivity index (χ4n) is 1.86. The van der Waals surface area contributed by atoms with Crippen molar-refractivity contribution in [1.82, 2.24) is 10.5 Å². The molecule has 1 atom stereocenters. The number of benzene rings is 1. The van der Waals surface area contributed by atoms with Gasteiger partial charge in [0.1, 0.15) is 6.26 Å². The van der Waals surface area contributed by atoms with Crippen molar-refractivity contribution >= 4 is 21.8 Å². The highest BCUT2D eigenvalue weighted by Crippen LogP contribution is 2.17. The molecule has 0 aliphatic carbocycles. The molecule has 0 unspecified atom stereocenters. The van der Waals surface area contributed by atoms with Crippen LogP contribution in [0, 0.1) is 0 Å². The van der Waals surface area contributed by atoms with Crippen LogP contribution in [0.2, 0.25) is 0 Å². The Morgan fingerprint density at radius 2 is 2.21 bits per heavy atom. The third-order valence-electron chi connectivity index (χ3n) is 2.72. The van der Waals surface area contributed by atoms with Crippen molar-refractivity contribution in [2.24, 2.45) is 0 Å². The maximum atomic E-state index is 11.8. The molecule has 0 fully saturated rings. The molecule has 0 saturated heterocycles. The van der Waals surface area contributed by atoms with E-state index in [1.807, 2.05) is 31.2 Å². The fourth-order valence-corrected chi connectivity index (χ4v) is 2.31. The van der Waals surface area contributed by atoms with Gasteiger partial charge < -0.3 is 9.84 Å². The van der Waals surface area contributed by atoms with E-state index in [2.05, 4.69) is 26.4 Å². The number of nitrogens with one attached hydrogen (secondary N) is 1. The third-order valence-corrected chi connectivity index (χ3v) is 3.50. The first-order valence-corrected chi connectivity index (χ1v) is 6.86. The normalized spacial score (nSPS) is 12.1. The van der Waals surface area contributed by atoms with Gasteiger partial charge in [0.25, 0.3) is 0 Å². The minimum atomic E-state index is -0.0477. The summed E-state index contributed by atoms with van der Waals surface area (Å²) in [4.78, 5) is 11.8. The SMILES string of the molecule is C[C@H](Cc1ccccc1Br)NC(=O)Cc1ccon1. The number of aromatic nitrogens is 1. The standard InChI is InChI=1S/C14H15BrN2O2/c1-10(8-11-4-2-3-5-13(11)15)16-14(18)9-12-6-7-19-17-12/h2-7,10H,8-9H2,1H3,(H,16,18)/t10-/m1/s1. The Morgan fingerprint density at radius 1 is 1.42 bits per heavy atom. The summed E-state index contributed by atoms with van der Waals surface area (Å²) in [6.07, 6.45) is 2.50. The second-order valence-electron chi connectivity index (χ2n) is 4.43. The minimum Gasteiger partial charge on any atom is -0.364 e. The maximum Gasteiger partial charge on any atom is 0.226 e. The number of amides is 1. The maximum absolute atomic E-state index is 11.8. The molecule has 5 heteroatoms. The van der Waals surface area contributed by atoms with Crippen molar-refractivity contribution in [2.45, 2.75) is 25.8 Å². The highest BCUT2D eigenvalue weighted by molar-refractivity contribution is 9.10. The van der Waals surface area contributed by atoms with E-state index < -0.39 is 0 Å².